The molecular weight excluding hydrogens is 312 g/mol. The van der Waals surface area contributed by atoms with Crippen molar-refractivity contribution in [1.29, 1.82) is 0 Å². The molecule has 3 heterocycles. The molecule has 5 heteroatoms. The molecule has 1 saturated heterocycles. The van der Waals surface area contributed by atoms with E-state index in [1.807, 2.05) is 0 Å². The van der Waals surface area contributed by atoms with Crippen LogP contribution in [0.4, 0.5) is 5.82 Å². The molecule has 2 aromatic rings. The van der Waals surface area contributed by atoms with E-state index in [-0.39, 0.29) is 0 Å². The van der Waals surface area contributed by atoms with E-state index in [1.165, 1.54) is 16.7 Å². The molecule has 0 aliphatic carbocycles. The number of nitrogens with zero attached hydrogens (tertiary/aromatic N) is 4. The average molecular weight is 336 g/mol. The summed E-state index contributed by atoms with van der Waals surface area (Å²) in [6, 6.07) is 8.80. The number of aliphatic imine (C=N–C) groups is 1. The topological polar surface area (TPSA) is 50.6 Å². The molecule has 1 fully saturated rings. The Kier molecular flexibility index (Phi) is 4.49. The van der Waals surface area contributed by atoms with Gasteiger partial charge in [-0.1, -0.05) is 26.0 Å². The fourth-order valence-corrected chi connectivity index (χ4v) is 3.49. The largest absolute Gasteiger partial charge is 0.378 e. The van der Waals surface area contributed by atoms with Crippen LogP contribution >= 0.6 is 0 Å². The van der Waals surface area contributed by atoms with E-state index in [4.69, 9.17) is 9.73 Å². The van der Waals surface area contributed by atoms with E-state index < -0.39 is 0 Å². The number of benzene rings is 1. The Balaban J connectivity index is 1.64. The van der Waals surface area contributed by atoms with Crippen molar-refractivity contribution in [3.63, 3.8) is 0 Å². The number of hydrogen-bond donors (Lipinski definition) is 0. The summed E-state index contributed by atoms with van der Waals surface area (Å²) in [7, 11) is 0. The predicted octanol–water partition coefficient (Wildman–Crippen LogP) is 2.86. The molecule has 0 spiro atoms. The zero-order valence-electron chi connectivity index (χ0n) is 14.9. The molecule has 2 aliphatic heterocycles. The molecule has 130 valence electrons. The van der Waals surface area contributed by atoms with Crippen molar-refractivity contribution in [2.75, 3.05) is 31.2 Å². The highest BCUT2D eigenvalue weighted by atomic mass is 16.5. The van der Waals surface area contributed by atoms with Gasteiger partial charge in [-0.2, -0.15) is 0 Å². The Bertz CT molecular complexity index is 794. The van der Waals surface area contributed by atoms with Gasteiger partial charge in [-0.05, 0) is 29.5 Å². The van der Waals surface area contributed by atoms with E-state index in [1.54, 1.807) is 6.33 Å². The van der Waals surface area contributed by atoms with Crippen molar-refractivity contribution in [1.82, 2.24) is 9.97 Å². The van der Waals surface area contributed by atoms with Crippen LogP contribution in [0, 0.1) is 5.92 Å². The summed E-state index contributed by atoms with van der Waals surface area (Å²) >= 11 is 0. The Morgan fingerprint density at radius 2 is 1.96 bits per heavy atom. The van der Waals surface area contributed by atoms with Crippen LogP contribution < -0.4 is 4.90 Å². The lowest BCUT2D eigenvalue weighted by Crippen LogP contribution is -2.36. The standard InChI is InChI=1S/C20H24N4O/c1-14(2)9-15-3-4-16-12-21-20(17(16)10-15)18-11-19(23-13-22-18)24-5-7-25-8-6-24/h3-4,10-11,13-14H,5-9,12H2,1-2H3. The molecule has 1 aromatic carbocycles. The molecule has 0 unspecified atom stereocenters. The van der Waals surface area contributed by atoms with Gasteiger partial charge < -0.3 is 9.64 Å². The Labute approximate surface area is 148 Å². The molecular formula is C20H24N4O. The monoisotopic (exact) mass is 336 g/mol. The van der Waals surface area contributed by atoms with Gasteiger partial charge in [-0.25, -0.2) is 9.97 Å². The normalized spacial score (nSPS) is 16.9. The van der Waals surface area contributed by atoms with Gasteiger partial charge in [0.15, 0.2) is 0 Å². The van der Waals surface area contributed by atoms with Crippen molar-refractivity contribution >= 4 is 11.5 Å². The van der Waals surface area contributed by atoms with Gasteiger partial charge in [-0.15, -0.1) is 0 Å². The van der Waals surface area contributed by atoms with Crippen molar-refractivity contribution in [2.45, 2.75) is 26.8 Å². The first-order chi connectivity index (χ1) is 12.2. The Morgan fingerprint density at radius 1 is 1.12 bits per heavy atom. The third kappa shape index (κ3) is 3.42. The summed E-state index contributed by atoms with van der Waals surface area (Å²) < 4.78 is 5.43. The minimum absolute atomic E-state index is 0.645. The van der Waals surface area contributed by atoms with Gasteiger partial charge in [0, 0.05) is 24.7 Å². The molecule has 0 bridgehead atoms. The minimum atomic E-state index is 0.645. The summed E-state index contributed by atoms with van der Waals surface area (Å²) in [6.45, 7) is 8.49. The van der Waals surface area contributed by atoms with Crippen LogP contribution in [0.15, 0.2) is 35.6 Å². The second-order valence-electron chi connectivity index (χ2n) is 7.12. The van der Waals surface area contributed by atoms with Crippen LogP contribution in [0.25, 0.3) is 0 Å². The van der Waals surface area contributed by atoms with Crippen molar-refractivity contribution < 1.29 is 4.74 Å². The molecule has 4 rings (SSSR count). The summed E-state index contributed by atoms with van der Waals surface area (Å²) in [5.74, 6) is 1.61. The maximum Gasteiger partial charge on any atom is 0.132 e. The summed E-state index contributed by atoms with van der Waals surface area (Å²) in [4.78, 5) is 16.0. The van der Waals surface area contributed by atoms with E-state index in [0.717, 1.165) is 56.5 Å². The van der Waals surface area contributed by atoms with Gasteiger partial charge >= 0.3 is 0 Å². The number of anilines is 1. The quantitative estimate of drug-likeness (QED) is 0.861. The molecule has 0 N–H and O–H groups in total. The van der Waals surface area contributed by atoms with Crippen LogP contribution in [0.1, 0.15) is 36.2 Å². The van der Waals surface area contributed by atoms with Gasteiger partial charge in [0.05, 0.1) is 31.2 Å². The maximum atomic E-state index is 5.43. The van der Waals surface area contributed by atoms with Crippen LogP contribution in [0.5, 0.6) is 0 Å². The second-order valence-corrected chi connectivity index (χ2v) is 7.12. The van der Waals surface area contributed by atoms with Gasteiger partial charge in [0.25, 0.3) is 0 Å². The third-order valence-electron chi connectivity index (χ3n) is 4.71. The molecule has 0 radical (unpaired) electrons. The summed E-state index contributed by atoms with van der Waals surface area (Å²) in [5, 5.41) is 0. The lowest BCUT2D eigenvalue weighted by Gasteiger charge is -2.27. The smallest absolute Gasteiger partial charge is 0.132 e. The van der Waals surface area contributed by atoms with E-state index in [2.05, 4.69) is 53.0 Å². The molecule has 0 amide bonds. The molecule has 0 atom stereocenters. The van der Waals surface area contributed by atoms with Crippen molar-refractivity contribution in [3.05, 3.63) is 53.0 Å². The average Bonchev–Trinajstić information content (AvgIpc) is 3.05. The number of aromatic nitrogens is 2. The van der Waals surface area contributed by atoms with E-state index >= 15 is 0 Å². The lowest BCUT2D eigenvalue weighted by molar-refractivity contribution is 0.122. The number of ether oxygens (including phenoxy) is 1. The SMILES string of the molecule is CC(C)Cc1ccc2c(c1)C(c1cc(N3CCOCC3)ncn1)=NC2. The highest BCUT2D eigenvalue weighted by molar-refractivity contribution is 6.14. The van der Waals surface area contributed by atoms with Crippen LogP contribution in [0.2, 0.25) is 0 Å². The molecule has 2 aliphatic rings. The number of fused-ring (bicyclic) bond motifs is 1. The van der Waals surface area contributed by atoms with E-state index in [0.29, 0.717) is 5.92 Å². The lowest BCUT2D eigenvalue weighted by atomic mass is 9.96. The van der Waals surface area contributed by atoms with Gasteiger partial charge in [0.2, 0.25) is 0 Å². The van der Waals surface area contributed by atoms with E-state index in [9.17, 15) is 0 Å². The first kappa shape index (κ1) is 16.2. The summed E-state index contributed by atoms with van der Waals surface area (Å²) in [5.41, 5.74) is 5.79. The van der Waals surface area contributed by atoms with Crippen molar-refractivity contribution in [3.8, 4) is 0 Å². The fourth-order valence-electron chi connectivity index (χ4n) is 3.49. The third-order valence-corrected chi connectivity index (χ3v) is 4.71. The van der Waals surface area contributed by atoms with Crippen LogP contribution in [-0.2, 0) is 17.7 Å². The molecule has 1 aromatic heterocycles. The van der Waals surface area contributed by atoms with Crippen molar-refractivity contribution in [2.24, 2.45) is 10.9 Å². The molecule has 5 nitrogen and oxygen atoms in total. The number of hydrogen-bond acceptors (Lipinski definition) is 5. The van der Waals surface area contributed by atoms with Gasteiger partial charge in [0.1, 0.15) is 12.1 Å². The van der Waals surface area contributed by atoms with Crippen LogP contribution in [0.3, 0.4) is 0 Å². The first-order valence-electron chi connectivity index (χ1n) is 9.02. The Morgan fingerprint density at radius 3 is 2.76 bits per heavy atom. The zero-order chi connectivity index (χ0) is 17.2. The highest BCUT2D eigenvalue weighted by Gasteiger charge is 2.21. The van der Waals surface area contributed by atoms with Gasteiger partial charge in [-0.3, -0.25) is 4.99 Å². The minimum Gasteiger partial charge on any atom is -0.378 e. The number of rotatable bonds is 4. The summed E-state index contributed by atoms with van der Waals surface area (Å²) in [6.07, 6.45) is 2.74. The van der Waals surface area contributed by atoms with Crippen LogP contribution in [-0.4, -0.2) is 42.0 Å². The number of morpholine rings is 1. The molecule has 25 heavy (non-hydrogen) atoms. The molecule has 0 saturated carbocycles. The first-order valence-corrected chi connectivity index (χ1v) is 9.02. The highest BCUT2D eigenvalue weighted by Crippen LogP contribution is 2.25. The zero-order valence-corrected chi connectivity index (χ0v) is 14.9. The predicted molar refractivity (Wildman–Crippen MR) is 99.4 cm³/mol. The maximum absolute atomic E-state index is 5.43. The fraction of sp³-hybridized carbons (Fsp3) is 0.450. The second kappa shape index (κ2) is 6.92. The Hall–Kier alpha value is -2.27.